The van der Waals surface area contributed by atoms with Crippen molar-refractivity contribution < 1.29 is 14.7 Å². The topological polar surface area (TPSA) is 69.6 Å². The van der Waals surface area contributed by atoms with Crippen molar-refractivity contribution in [1.82, 2.24) is 10.2 Å². The van der Waals surface area contributed by atoms with Gasteiger partial charge in [0.1, 0.15) is 6.54 Å². The maximum absolute atomic E-state index is 11.8. The summed E-state index contributed by atoms with van der Waals surface area (Å²) in [5.74, 6) is 0.165. The van der Waals surface area contributed by atoms with Crippen LogP contribution in [0.2, 0.25) is 0 Å². The van der Waals surface area contributed by atoms with E-state index in [1.807, 2.05) is 13.8 Å². The molecular formula is C13H24N2O3. The van der Waals surface area contributed by atoms with Gasteiger partial charge in [-0.05, 0) is 24.7 Å². The van der Waals surface area contributed by atoms with Gasteiger partial charge in [0.15, 0.2) is 0 Å². The number of nitrogens with zero attached hydrogens (tertiary/aromatic N) is 1. The van der Waals surface area contributed by atoms with Crippen LogP contribution in [0, 0.1) is 11.8 Å². The summed E-state index contributed by atoms with van der Waals surface area (Å²) in [7, 11) is 0. The molecule has 0 aromatic carbocycles. The van der Waals surface area contributed by atoms with Gasteiger partial charge in [-0.2, -0.15) is 0 Å². The number of carbonyl (C=O) groups is 2. The van der Waals surface area contributed by atoms with Crippen LogP contribution in [0.25, 0.3) is 0 Å². The summed E-state index contributed by atoms with van der Waals surface area (Å²) in [5, 5.41) is 11.6. The molecule has 0 aromatic heterocycles. The number of hydrogen-bond acceptors (Lipinski definition) is 2. The molecule has 2 amide bonds. The molecule has 104 valence electrons. The molecule has 18 heavy (non-hydrogen) atoms. The lowest BCUT2D eigenvalue weighted by atomic mass is 10.2. The molecule has 0 bridgehead atoms. The van der Waals surface area contributed by atoms with Gasteiger partial charge in [-0.15, -0.1) is 0 Å². The van der Waals surface area contributed by atoms with Gasteiger partial charge in [0.05, 0.1) is 0 Å². The molecule has 1 saturated carbocycles. The van der Waals surface area contributed by atoms with Gasteiger partial charge in [0, 0.05) is 13.1 Å². The van der Waals surface area contributed by atoms with Gasteiger partial charge in [-0.3, -0.25) is 4.79 Å². The first-order chi connectivity index (χ1) is 8.49. The zero-order valence-electron chi connectivity index (χ0n) is 11.3. The molecule has 1 aliphatic carbocycles. The Kier molecular flexibility index (Phi) is 5.95. The largest absolute Gasteiger partial charge is 0.480 e. The molecule has 0 heterocycles. The summed E-state index contributed by atoms with van der Waals surface area (Å²) in [6.07, 6.45) is 4.81. The molecule has 0 radical (unpaired) electrons. The fourth-order valence-corrected chi connectivity index (χ4v) is 1.93. The molecule has 0 spiro atoms. The van der Waals surface area contributed by atoms with Gasteiger partial charge in [-0.1, -0.05) is 26.7 Å². The molecule has 2 N–H and O–H groups in total. The van der Waals surface area contributed by atoms with Gasteiger partial charge < -0.3 is 15.3 Å². The van der Waals surface area contributed by atoms with Crippen molar-refractivity contribution in [2.24, 2.45) is 11.8 Å². The van der Waals surface area contributed by atoms with Crippen LogP contribution < -0.4 is 5.32 Å². The Morgan fingerprint density at radius 1 is 1.39 bits per heavy atom. The van der Waals surface area contributed by atoms with Crippen LogP contribution in [0.15, 0.2) is 0 Å². The van der Waals surface area contributed by atoms with Gasteiger partial charge in [0.25, 0.3) is 0 Å². The first-order valence-corrected chi connectivity index (χ1v) is 6.73. The Balaban J connectivity index is 2.24. The van der Waals surface area contributed by atoms with E-state index < -0.39 is 5.97 Å². The quantitative estimate of drug-likeness (QED) is 0.652. The summed E-state index contributed by atoms with van der Waals surface area (Å²) in [6, 6.07) is -0.262. The van der Waals surface area contributed by atoms with Gasteiger partial charge >= 0.3 is 12.0 Å². The molecule has 5 heteroatoms. The number of nitrogens with one attached hydrogen (secondary N) is 1. The minimum Gasteiger partial charge on any atom is -0.480 e. The van der Waals surface area contributed by atoms with Crippen molar-refractivity contribution >= 4 is 12.0 Å². The summed E-state index contributed by atoms with van der Waals surface area (Å²) >= 11 is 0. The number of carbonyl (C=O) groups excluding carboxylic acids is 1. The smallest absolute Gasteiger partial charge is 0.323 e. The second-order valence-corrected chi connectivity index (χ2v) is 5.49. The number of hydrogen-bond donors (Lipinski definition) is 2. The van der Waals surface area contributed by atoms with Crippen LogP contribution in [0.1, 0.15) is 39.5 Å². The van der Waals surface area contributed by atoms with Crippen LogP contribution in [0.4, 0.5) is 4.79 Å². The van der Waals surface area contributed by atoms with E-state index in [-0.39, 0.29) is 18.5 Å². The standard InChI is InChI=1S/C13H24N2O3/c1-10(2)8-15(9-12(16)17)13(18)14-7-3-4-11-5-6-11/h10-11H,3-9H2,1-2H3,(H,14,18)(H,16,17). The Bertz CT molecular complexity index is 288. The molecule has 1 aliphatic rings. The first-order valence-electron chi connectivity index (χ1n) is 6.73. The Morgan fingerprint density at radius 3 is 2.56 bits per heavy atom. The highest BCUT2D eigenvalue weighted by molar-refractivity contribution is 5.80. The van der Waals surface area contributed by atoms with Crippen molar-refractivity contribution in [1.29, 1.82) is 0 Å². The highest BCUT2D eigenvalue weighted by Gasteiger charge is 2.21. The van der Waals surface area contributed by atoms with Crippen molar-refractivity contribution in [3.63, 3.8) is 0 Å². The molecular weight excluding hydrogens is 232 g/mol. The second kappa shape index (κ2) is 7.24. The third-order valence-electron chi connectivity index (χ3n) is 2.96. The van der Waals surface area contributed by atoms with E-state index >= 15 is 0 Å². The van der Waals surface area contributed by atoms with E-state index in [1.165, 1.54) is 24.2 Å². The zero-order chi connectivity index (χ0) is 13.5. The van der Waals surface area contributed by atoms with Gasteiger partial charge in [0.2, 0.25) is 0 Å². The third kappa shape index (κ3) is 6.47. The average Bonchev–Trinajstić information content (AvgIpc) is 3.05. The van der Waals surface area contributed by atoms with Crippen LogP contribution in [-0.4, -0.2) is 41.6 Å². The summed E-state index contributed by atoms with van der Waals surface area (Å²) in [4.78, 5) is 23.9. The normalized spacial score (nSPS) is 14.6. The van der Waals surface area contributed by atoms with Crippen molar-refractivity contribution in [3.05, 3.63) is 0 Å². The second-order valence-electron chi connectivity index (χ2n) is 5.49. The van der Waals surface area contributed by atoms with Crippen molar-refractivity contribution in [2.45, 2.75) is 39.5 Å². The fraction of sp³-hybridized carbons (Fsp3) is 0.846. The Hall–Kier alpha value is -1.26. The average molecular weight is 256 g/mol. The lowest BCUT2D eigenvalue weighted by Gasteiger charge is -2.23. The highest BCUT2D eigenvalue weighted by atomic mass is 16.4. The Labute approximate surface area is 109 Å². The number of aliphatic carboxylic acids is 1. The van der Waals surface area contributed by atoms with Crippen LogP contribution in [0.3, 0.4) is 0 Å². The van der Waals surface area contributed by atoms with Crippen LogP contribution in [-0.2, 0) is 4.79 Å². The SMILES string of the molecule is CC(C)CN(CC(=O)O)C(=O)NCCCC1CC1. The molecule has 0 atom stereocenters. The summed E-state index contributed by atoms with van der Waals surface area (Å²) in [6.45, 7) is 4.82. The molecule has 0 saturated heterocycles. The minimum absolute atomic E-state index is 0.230. The van der Waals surface area contributed by atoms with E-state index in [1.54, 1.807) is 0 Å². The minimum atomic E-state index is -0.969. The fourth-order valence-electron chi connectivity index (χ4n) is 1.93. The maximum atomic E-state index is 11.8. The summed E-state index contributed by atoms with van der Waals surface area (Å²) < 4.78 is 0. The molecule has 1 rings (SSSR count). The summed E-state index contributed by atoms with van der Waals surface area (Å²) in [5.41, 5.74) is 0. The van der Waals surface area contributed by atoms with E-state index in [4.69, 9.17) is 5.11 Å². The van der Waals surface area contributed by atoms with E-state index in [9.17, 15) is 9.59 Å². The van der Waals surface area contributed by atoms with Crippen molar-refractivity contribution in [3.8, 4) is 0 Å². The predicted molar refractivity (Wildman–Crippen MR) is 69.4 cm³/mol. The first kappa shape index (κ1) is 14.8. The number of rotatable bonds is 8. The van der Waals surface area contributed by atoms with E-state index in [0.717, 1.165) is 12.3 Å². The lowest BCUT2D eigenvalue weighted by molar-refractivity contribution is -0.137. The van der Waals surface area contributed by atoms with Crippen LogP contribution in [0.5, 0.6) is 0 Å². The zero-order valence-corrected chi connectivity index (χ0v) is 11.3. The van der Waals surface area contributed by atoms with Gasteiger partial charge in [-0.25, -0.2) is 4.79 Å². The lowest BCUT2D eigenvalue weighted by Crippen LogP contribution is -2.44. The van der Waals surface area contributed by atoms with E-state index in [0.29, 0.717) is 13.1 Å². The number of carboxylic acids is 1. The van der Waals surface area contributed by atoms with E-state index in [2.05, 4.69) is 5.32 Å². The molecule has 0 aromatic rings. The maximum Gasteiger partial charge on any atom is 0.323 e. The molecule has 5 nitrogen and oxygen atoms in total. The number of amides is 2. The number of carboxylic acid groups (broad SMARTS) is 1. The molecule has 1 fully saturated rings. The Morgan fingerprint density at radius 2 is 2.06 bits per heavy atom. The highest BCUT2D eigenvalue weighted by Crippen LogP contribution is 2.33. The third-order valence-corrected chi connectivity index (χ3v) is 2.96. The van der Waals surface area contributed by atoms with Crippen molar-refractivity contribution in [2.75, 3.05) is 19.6 Å². The molecule has 0 unspecified atom stereocenters. The predicted octanol–water partition coefficient (Wildman–Crippen LogP) is 1.93. The molecule has 0 aliphatic heterocycles. The van der Waals surface area contributed by atoms with Crippen LogP contribution >= 0.6 is 0 Å². The number of urea groups is 1. The monoisotopic (exact) mass is 256 g/mol.